The molecule has 16 heavy (non-hydrogen) atoms. The summed E-state index contributed by atoms with van der Waals surface area (Å²) >= 11 is 0. The van der Waals surface area contributed by atoms with Crippen molar-refractivity contribution in [2.24, 2.45) is 0 Å². The molecule has 0 radical (unpaired) electrons. The van der Waals surface area contributed by atoms with Gasteiger partial charge in [-0.15, -0.1) is 0 Å². The molecule has 0 aliphatic rings. The van der Waals surface area contributed by atoms with Crippen LogP contribution in [0.3, 0.4) is 0 Å². The van der Waals surface area contributed by atoms with Crippen LogP contribution >= 0.6 is 0 Å². The minimum absolute atomic E-state index is 0.0449. The molecule has 1 rings (SSSR count). The zero-order valence-corrected chi connectivity index (χ0v) is 10.5. The summed E-state index contributed by atoms with van der Waals surface area (Å²) in [6.45, 7) is 8.37. The van der Waals surface area contributed by atoms with Gasteiger partial charge in [0.1, 0.15) is 5.82 Å². The van der Waals surface area contributed by atoms with Gasteiger partial charge in [0.15, 0.2) is 0 Å². The smallest absolute Gasteiger partial charge is 0.105 e. The van der Waals surface area contributed by atoms with E-state index >= 15 is 0 Å². The monoisotopic (exact) mass is 225 g/mol. The number of hydrogen-bond donors (Lipinski definition) is 2. The summed E-state index contributed by atoms with van der Waals surface area (Å²) in [5.74, 6) is 1.04. The topological polar surface area (TPSA) is 50.1 Å². The zero-order chi connectivity index (χ0) is 12.0. The molecule has 1 aromatic rings. The van der Waals surface area contributed by atoms with E-state index in [0.29, 0.717) is 0 Å². The van der Waals surface area contributed by atoms with E-state index in [4.69, 9.17) is 5.11 Å². The highest BCUT2D eigenvalue weighted by Crippen LogP contribution is 2.13. The Morgan fingerprint density at radius 1 is 1.56 bits per heavy atom. The summed E-state index contributed by atoms with van der Waals surface area (Å²) in [6.07, 6.45) is 5.64. The largest absolute Gasteiger partial charge is 0.396 e. The maximum Gasteiger partial charge on any atom is 0.105 e. The number of aromatic nitrogens is 2. The molecule has 1 unspecified atom stereocenters. The predicted octanol–water partition coefficient (Wildman–Crippen LogP) is 1.33. The maximum absolute atomic E-state index is 9.01. The first-order valence-corrected chi connectivity index (χ1v) is 5.95. The predicted molar refractivity (Wildman–Crippen MR) is 65.4 cm³/mol. The second-order valence-corrected chi connectivity index (χ2v) is 4.48. The molecule has 92 valence electrons. The van der Waals surface area contributed by atoms with Crippen LogP contribution in [0.2, 0.25) is 0 Å². The van der Waals surface area contributed by atoms with E-state index in [-0.39, 0.29) is 12.1 Å². The van der Waals surface area contributed by atoms with Crippen LogP contribution in [0.5, 0.6) is 0 Å². The molecular formula is C12H23N3O. The highest BCUT2D eigenvalue weighted by Gasteiger charge is 2.19. The normalized spacial score (nSPS) is 15.0. The van der Waals surface area contributed by atoms with Crippen molar-refractivity contribution in [2.45, 2.75) is 45.7 Å². The van der Waals surface area contributed by atoms with Crippen LogP contribution in [0.4, 0.5) is 0 Å². The Hall–Kier alpha value is -0.870. The standard InChI is InChI=1S/C12H23N3O/c1-4-12(3,5-10-16)14-7-9-15-8-6-13-11(15)2/h6,8,14,16H,4-5,7,9-10H2,1-3H3. The molecule has 0 aromatic carbocycles. The van der Waals surface area contributed by atoms with Gasteiger partial charge in [0.25, 0.3) is 0 Å². The van der Waals surface area contributed by atoms with Gasteiger partial charge in [-0.25, -0.2) is 4.98 Å². The van der Waals surface area contributed by atoms with Crippen molar-refractivity contribution in [3.05, 3.63) is 18.2 Å². The summed E-state index contributed by atoms with van der Waals surface area (Å²) in [5.41, 5.74) is 0.0449. The number of rotatable bonds is 7. The summed E-state index contributed by atoms with van der Waals surface area (Å²) in [7, 11) is 0. The number of imidazole rings is 1. The van der Waals surface area contributed by atoms with Gasteiger partial charge in [0.2, 0.25) is 0 Å². The lowest BCUT2D eigenvalue weighted by Gasteiger charge is -2.29. The van der Waals surface area contributed by atoms with E-state index in [1.165, 1.54) is 0 Å². The Bertz CT molecular complexity index is 311. The molecule has 1 aromatic heterocycles. The van der Waals surface area contributed by atoms with Crippen LogP contribution in [-0.2, 0) is 6.54 Å². The lowest BCUT2D eigenvalue weighted by atomic mass is 9.95. The van der Waals surface area contributed by atoms with E-state index in [0.717, 1.165) is 31.8 Å². The first kappa shape index (κ1) is 13.2. The van der Waals surface area contributed by atoms with Crippen LogP contribution in [-0.4, -0.2) is 33.3 Å². The fraction of sp³-hybridized carbons (Fsp3) is 0.750. The number of aliphatic hydroxyl groups is 1. The minimum Gasteiger partial charge on any atom is -0.396 e. The number of nitrogens with one attached hydrogen (secondary N) is 1. The van der Waals surface area contributed by atoms with Crippen molar-refractivity contribution in [3.8, 4) is 0 Å². The van der Waals surface area contributed by atoms with Crippen molar-refractivity contribution in [3.63, 3.8) is 0 Å². The van der Waals surface area contributed by atoms with Gasteiger partial charge in [-0.05, 0) is 26.7 Å². The lowest BCUT2D eigenvalue weighted by molar-refractivity contribution is 0.214. The molecule has 0 fully saturated rings. The molecule has 4 heteroatoms. The van der Waals surface area contributed by atoms with Crippen LogP contribution < -0.4 is 5.32 Å². The summed E-state index contributed by atoms with van der Waals surface area (Å²) in [4.78, 5) is 4.18. The fourth-order valence-electron chi connectivity index (χ4n) is 1.76. The average Bonchev–Trinajstić information content (AvgIpc) is 2.65. The van der Waals surface area contributed by atoms with Gasteiger partial charge >= 0.3 is 0 Å². The highest BCUT2D eigenvalue weighted by molar-refractivity contribution is 4.89. The molecule has 0 amide bonds. The van der Waals surface area contributed by atoms with Crippen LogP contribution in [0.25, 0.3) is 0 Å². The number of nitrogens with zero attached hydrogens (tertiary/aromatic N) is 2. The van der Waals surface area contributed by atoms with Gasteiger partial charge in [0.05, 0.1) is 0 Å². The SMILES string of the molecule is CCC(C)(CCO)NCCn1ccnc1C. The number of hydrogen-bond acceptors (Lipinski definition) is 3. The van der Waals surface area contributed by atoms with Crippen LogP contribution in [0.15, 0.2) is 12.4 Å². The summed E-state index contributed by atoms with van der Waals surface area (Å²) in [6, 6.07) is 0. The van der Waals surface area contributed by atoms with Crippen molar-refractivity contribution < 1.29 is 5.11 Å². The van der Waals surface area contributed by atoms with E-state index in [1.807, 2.05) is 19.3 Å². The highest BCUT2D eigenvalue weighted by atomic mass is 16.3. The third-order valence-electron chi connectivity index (χ3n) is 3.27. The van der Waals surface area contributed by atoms with Gasteiger partial charge in [-0.1, -0.05) is 6.92 Å². The second kappa shape index (κ2) is 6.01. The lowest BCUT2D eigenvalue weighted by Crippen LogP contribution is -2.44. The van der Waals surface area contributed by atoms with Crippen LogP contribution in [0, 0.1) is 6.92 Å². The Morgan fingerprint density at radius 3 is 2.81 bits per heavy atom. The van der Waals surface area contributed by atoms with E-state index in [2.05, 4.69) is 28.7 Å². The first-order chi connectivity index (χ1) is 7.61. The van der Waals surface area contributed by atoms with E-state index < -0.39 is 0 Å². The van der Waals surface area contributed by atoms with Gasteiger partial charge in [-0.3, -0.25) is 0 Å². The zero-order valence-electron chi connectivity index (χ0n) is 10.5. The Balaban J connectivity index is 2.36. The molecule has 0 spiro atoms. The first-order valence-electron chi connectivity index (χ1n) is 5.95. The fourth-order valence-corrected chi connectivity index (χ4v) is 1.76. The Morgan fingerprint density at radius 2 is 2.31 bits per heavy atom. The van der Waals surface area contributed by atoms with Gasteiger partial charge in [-0.2, -0.15) is 0 Å². The molecule has 0 aliphatic heterocycles. The third kappa shape index (κ3) is 3.61. The Kier molecular flexibility index (Phi) is 4.96. The molecule has 0 saturated heterocycles. The molecule has 4 nitrogen and oxygen atoms in total. The molecule has 0 aliphatic carbocycles. The second-order valence-electron chi connectivity index (χ2n) is 4.48. The quantitative estimate of drug-likeness (QED) is 0.736. The Labute approximate surface area is 97.7 Å². The average molecular weight is 225 g/mol. The summed E-state index contributed by atoms with van der Waals surface area (Å²) < 4.78 is 2.13. The molecule has 0 bridgehead atoms. The number of aliphatic hydroxyl groups excluding tert-OH is 1. The third-order valence-corrected chi connectivity index (χ3v) is 3.27. The van der Waals surface area contributed by atoms with E-state index in [1.54, 1.807) is 0 Å². The van der Waals surface area contributed by atoms with Crippen LogP contribution in [0.1, 0.15) is 32.5 Å². The maximum atomic E-state index is 9.01. The molecule has 2 N–H and O–H groups in total. The van der Waals surface area contributed by atoms with Gasteiger partial charge in [0, 0.05) is 37.6 Å². The number of aryl methyl sites for hydroxylation is 1. The van der Waals surface area contributed by atoms with E-state index in [9.17, 15) is 0 Å². The van der Waals surface area contributed by atoms with Gasteiger partial charge < -0.3 is 15.0 Å². The van der Waals surface area contributed by atoms with Crippen molar-refractivity contribution >= 4 is 0 Å². The molecular weight excluding hydrogens is 202 g/mol. The molecule has 1 heterocycles. The van der Waals surface area contributed by atoms with Crippen molar-refractivity contribution in [1.29, 1.82) is 0 Å². The minimum atomic E-state index is 0.0449. The molecule has 0 saturated carbocycles. The molecule has 1 atom stereocenters. The van der Waals surface area contributed by atoms with Crippen molar-refractivity contribution in [1.82, 2.24) is 14.9 Å². The summed E-state index contributed by atoms with van der Waals surface area (Å²) in [5, 5.41) is 12.5. The van der Waals surface area contributed by atoms with Crippen molar-refractivity contribution in [2.75, 3.05) is 13.2 Å².